The lowest BCUT2D eigenvalue weighted by Gasteiger charge is -2.24. The molecule has 1 heterocycles. The third-order valence-electron chi connectivity index (χ3n) is 5.24. The molecule has 0 radical (unpaired) electrons. The number of nitro benzene ring substituents is 1. The number of nitro groups is 1. The maximum atomic E-state index is 13.1. The highest BCUT2D eigenvalue weighted by Gasteiger charge is 2.27. The molecular weight excluding hydrogens is 390 g/mol. The monoisotopic (exact) mass is 417 g/mol. The molecule has 156 valence electrons. The Morgan fingerprint density at radius 1 is 0.897 bits per heavy atom. The van der Waals surface area contributed by atoms with Crippen molar-refractivity contribution in [1.29, 1.82) is 0 Å². The maximum absolute atomic E-state index is 13.1. The molecule has 0 unspecified atom stereocenters. The first kappa shape index (κ1) is 21.3. The van der Waals surface area contributed by atoms with Gasteiger partial charge in [0.1, 0.15) is 0 Å². The third-order valence-corrected chi connectivity index (χ3v) is 7.15. The van der Waals surface area contributed by atoms with E-state index in [4.69, 9.17) is 0 Å². The fraction of sp³-hybridized carbons (Fsp3) is 0.429. The lowest BCUT2D eigenvalue weighted by Crippen LogP contribution is -2.35. The quantitative estimate of drug-likeness (QED) is 0.558. The molecule has 0 atom stereocenters. The van der Waals surface area contributed by atoms with Gasteiger partial charge in [0.05, 0.1) is 9.82 Å². The van der Waals surface area contributed by atoms with Crippen molar-refractivity contribution in [2.75, 3.05) is 31.1 Å². The molecule has 7 nitrogen and oxygen atoms in total. The van der Waals surface area contributed by atoms with Gasteiger partial charge in [-0.25, -0.2) is 8.42 Å². The number of anilines is 1. The topological polar surface area (TPSA) is 83.8 Å². The van der Waals surface area contributed by atoms with E-state index in [1.165, 1.54) is 16.4 Å². The molecular formula is C21H27N3O4S. The predicted molar refractivity (Wildman–Crippen MR) is 114 cm³/mol. The Bertz CT molecular complexity index is 964. The summed E-state index contributed by atoms with van der Waals surface area (Å²) in [6.07, 6.45) is 0.691. The van der Waals surface area contributed by atoms with Gasteiger partial charge in [-0.15, -0.1) is 0 Å². The van der Waals surface area contributed by atoms with Crippen LogP contribution in [0, 0.1) is 10.1 Å². The van der Waals surface area contributed by atoms with Gasteiger partial charge < -0.3 is 4.90 Å². The van der Waals surface area contributed by atoms with Gasteiger partial charge in [-0.3, -0.25) is 10.1 Å². The van der Waals surface area contributed by atoms with Gasteiger partial charge in [0.25, 0.3) is 5.69 Å². The Hall–Kier alpha value is -2.45. The van der Waals surface area contributed by atoms with Crippen LogP contribution in [0.2, 0.25) is 0 Å². The first-order valence-electron chi connectivity index (χ1n) is 9.69. The molecule has 0 N–H and O–H groups in total. The number of benzene rings is 2. The average Bonchev–Trinajstić information content (AvgIpc) is 2.94. The van der Waals surface area contributed by atoms with E-state index >= 15 is 0 Å². The Morgan fingerprint density at radius 2 is 1.52 bits per heavy atom. The van der Waals surface area contributed by atoms with Crippen molar-refractivity contribution in [3.05, 3.63) is 64.2 Å². The Labute approximate surface area is 172 Å². The molecule has 1 aliphatic rings. The minimum atomic E-state index is -3.55. The van der Waals surface area contributed by atoms with Crippen LogP contribution in [-0.2, 0) is 15.4 Å². The van der Waals surface area contributed by atoms with Crippen molar-refractivity contribution in [1.82, 2.24) is 4.31 Å². The number of non-ortho nitro benzene ring substituents is 1. The normalized spacial score (nSPS) is 16.4. The van der Waals surface area contributed by atoms with Crippen LogP contribution < -0.4 is 4.90 Å². The van der Waals surface area contributed by atoms with Crippen LogP contribution in [0.5, 0.6) is 0 Å². The van der Waals surface area contributed by atoms with Gasteiger partial charge in [-0.05, 0) is 41.7 Å². The molecule has 1 fully saturated rings. The molecule has 2 aromatic rings. The van der Waals surface area contributed by atoms with Crippen molar-refractivity contribution >= 4 is 21.4 Å². The summed E-state index contributed by atoms with van der Waals surface area (Å²) in [5.41, 5.74) is 1.98. The largest absolute Gasteiger partial charge is 0.370 e. The minimum absolute atomic E-state index is 0.0316. The van der Waals surface area contributed by atoms with Crippen LogP contribution in [0.1, 0.15) is 32.8 Å². The van der Waals surface area contributed by atoms with Crippen molar-refractivity contribution in [3.63, 3.8) is 0 Å². The second-order valence-electron chi connectivity index (χ2n) is 8.29. The third kappa shape index (κ3) is 4.76. The summed E-state index contributed by atoms with van der Waals surface area (Å²) in [6, 6.07) is 13.5. The summed E-state index contributed by atoms with van der Waals surface area (Å²) in [5.74, 6) is 0. The van der Waals surface area contributed by atoms with Crippen LogP contribution in [0.15, 0.2) is 53.4 Å². The predicted octanol–water partition coefficient (Wildman–Crippen LogP) is 3.79. The van der Waals surface area contributed by atoms with Crippen LogP contribution >= 0.6 is 0 Å². The molecule has 0 aromatic heterocycles. The number of nitrogens with zero attached hydrogens (tertiary/aromatic N) is 3. The lowest BCUT2D eigenvalue weighted by atomic mass is 9.87. The van der Waals surface area contributed by atoms with Gasteiger partial charge in [-0.2, -0.15) is 4.31 Å². The zero-order valence-electron chi connectivity index (χ0n) is 17.0. The first-order chi connectivity index (χ1) is 13.6. The average molecular weight is 418 g/mol. The van der Waals surface area contributed by atoms with Crippen molar-refractivity contribution in [2.24, 2.45) is 0 Å². The SMILES string of the molecule is CC(C)(C)c1ccc(S(=O)(=O)N2CCCN(c3ccc([N+](=O)[O-])cc3)CC2)cc1. The number of hydrogen-bond donors (Lipinski definition) is 0. The molecule has 0 spiro atoms. The first-order valence-corrected chi connectivity index (χ1v) is 11.1. The van der Waals surface area contributed by atoms with E-state index in [9.17, 15) is 18.5 Å². The van der Waals surface area contributed by atoms with Crippen LogP contribution in [0.3, 0.4) is 0 Å². The van der Waals surface area contributed by atoms with Gasteiger partial charge in [0, 0.05) is 44.0 Å². The Kier molecular flexibility index (Phi) is 5.95. The fourth-order valence-corrected chi connectivity index (χ4v) is 4.92. The summed E-state index contributed by atoms with van der Waals surface area (Å²) < 4.78 is 27.7. The van der Waals surface area contributed by atoms with Gasteiger partial charge in [0.2, 0.25) is 10.0 Å². The van der Waals surface area contributed by atoms with E-state index in [1.54, 1.807) is 24.3 Å². The highest BCUT2D eigenvalue weighted by molar-refractivity contribution is 7.89. The molecule has 29 heavy (non-hydrogen) atoms. The van der Waals surface area contributed by atoms with Gasteiger partial charge in [-0.1, -0.05) is 32.9 Å². The standard InChI is InChI=1S/C21H27N3O4S/c1-21(2,3)17-5-11-20(12-6-17)29(27,28)23-14-4-13-22(15-16-23)18-7-9-19(10-8-18)24(25)26/h5-12H,4,13-16H2,1-3H3. The van der Waals surface area contributed by atoms with E-state index in [1.807, 2.05) is 12.1 Å². The Morgan fingerprint density at radius 3 is 2.07 bits per heavy atom. The summed E-state index contributed by atoms with van der Waals surface area (Å²) in [6.45, 7) is 8.35. The molecule has 0 amide bonds. The highest BCUT2D eigenvalue weighted by Crippen LogP contribution is 2.26. The molecule has 0 saturated carbocycles. The smallest absolute Gasteiger partial charge is 0.269 e. The molecule has 8 heteroatoms. The van der Waals surface area contributed by atoms with E-state index in [-0.39, 0.29) is 11.1 Å². The number of hydrogen-bond acceptors (Lipinski definition) is 5. The van der Waals surface area contributed by atoms with Crippen molar-refractivity contribution in [3.8, 4) is 0 Å². The zero-order chi connectivity index (χ0) is 21.2. The molecule has 0 bridgehead atoms. The maximum Gasteiger partial charge on any atom is 0.269 e. The van der Waals surface area contributed by atoms with Crippen molar-refractivity contribution < 1.29 is 13.3 Å². The van der Waals surface area contributed by atoms with E-state index in [0.717, 1.165) is 11.3 Å². The van der Waals surface area contributed by atoms with Gasteiger partial charge >= 0.3 is 0 Å². The van der Waals surface area contributed by atoms with Crippen LogP contribution in [0.25, 0.3) is 0 Å². The summed E-state index contributed by atoms with van der Waals surface area (Å²) in [4.78, 5) is 12.8. The molecule has 1 saturated heterocycles. The minimum Gasteiger partial charge on any atom is -0.370 e. The van der Waals surface area contributed by atoms with Crippen LogP contribution in [-0.4, -0.2) is 43.8 Å². The second kappa shape index (κ2) is 8.12. The fourth-order valence-electron chi connectivity index (χ4n) is 3.45. The zero-order valence-corrected chi connectivity index (χ0v) is 17.9. The van der Waals surface area contributed by atoms with E-state index in [2.05, 4.69) is 25.7 Å². The van der Waals surface area contributed by atoms with Crippen molar-refractivity contribution in [2.45, 2.75) is 37.5 Å². The Balaban J connectivity index is 1.73. The number of rotatable bonds is 4. The molecule has 2 aromatic carbocycles. The summed E-state index contributed by atoms with van der Waals surface area (Å²) >= 11 is 0. The summed E-state index contributed by atoms with van der Waals surface area (Å²) in [5, 5.41) is 10.8. The summed E-state index contributed by atoms with van der Waals surface area (Å²) in [7, 11) is -3.55. The molecule has 3 rings (SSSR count). The number of sulfonamides is 1. The van der Waals surface area contributed by atoms with E-state index < -0.39 is 14.9 Å². The molecule has 0 aliphatic carbocycles. The molecule has 1 aliphatic heterocycles. The highest BCUT2D eigenvalue weighted by atomic mass is 32.2. The second-order valence-corrected chi connectivity index (χ2v) is 10.2. The van der Waals surface area contributed by atoms with Gasteiger partial charge in [0.15, 0.2) is 0 Å². The lowest BCUT2D eigenvalue weighted by molar-refractivity contribution is -0.384. The van der Waals surface area contributed by atoms with E-state index in [0.29, 0.717) is 37.5 Å². The van der Waals surface area contributed by atoms with Crippen LogP contribution in [0.4, 0.5) is 11.4 Å².